The minimum Gasteiger partial charge on any atom is -0.491 e. The molecular weight excluding hydrogens is 318 g/mol. The van der Waals surface area contributed by atoms with Crippen LogP contribution in [0.15, 0.2) is 18.2 Å². The molecule has 5 nitrogen and oxygen atoms in total. The fraction of sp³-hybridized carbons (Fsp3) is 0.700. The van der Waals surface area contributed by atoms with E-state index in [1.54, 1.807) is 14.2 Å². The molecule has 0 atom stereocenters. The summed E-state index contributed by atoms with van der Waals surface area (Å²) in [6.45, 7) is 4.12. The smallest absolute Gasteiger partial charge is 0.127 e. The third-order valence-electron chi connectivity index (χ3n) is 4.61. The zero-order valence-electron chi connectivity index (χ0n) is 15.7. The predicted molar refractivity (Wildman–Crippen MR) is 99.5 cm³/mol. The molecule has 1 fully saturated rings. The van der Waals surface area contributed by atoms with Gasteiger partial charge in [0, 0.05) is 32.4 Å². The second kappa shape index (κ2) is 12.1. The van der Waals surface area contributed by atoms with E-state index in [4.69, 9.17) is 18.9 Å². The molecule has 25 heavy (non-hydrogen) atoms. The van der Waals surface area contributed by atoms with Crippen molar-refractivity contribution in [2.24, 2.45) is 5.92 Å². The summed E-state index contributed by atoms with van der Waals surface area (Å²) >= 11 is 0. The maximum Gasteiger partial charge on any atom is 0.127 e. The van der Waals surface area contributed by atoms with Gasteiger partial charge in [-0.2, -0.15) is 0 Å². The molecule has 1 N–H and O–H groups in total. The Bertz CT molecular complexity index is 475. The molecule has 1 saturated carbocycles. The van der Waals surface area contributed by atoms with Crippen LogP contribution in [0.25, 0.3) is 0 Å². The van der Waals surface area contributed by atoms with Gasteiger partial charge in [-0.05, 0) is 31.4 Å². The lowest BCUT2D eigenvalue weighted by Gasteiger charge is -2.22. The van der Waals surface area contributed by atoms with Crippen LogP contribution < -0.4 is 14.8 Å². The first kappa shape index (κ1) is 20.0. The highest BCUT2D eigenvalue weighted by molar-refractivity contribution is 5.40. The standard InChI is InChI=1S/C20H33NO4/c1-22-10-12-24-19-9-8-18(20(14-19)25-13-11-23-2)16-21-15-17-6-4-3-5-7-17/h8-9,14,17,21H,3-7,10-13,15-16H2,1-2H3. The highest BCUT2D eigenvalue weighted by atomic mass is 16.5. The van der Waals surface area contributed by atoms with E-state index in [2.05, 4.69) is 11.4 Å². The Kier molecular flexibility index (Phi) is 9.70. The van der Waals surface area contributed by atoms with E-state index < -0.39 is 0 Å². The van der Waals surface area contributed by atoms with E-state index in [0.717, 1.165) is 36.1 Å². The zero-order chi connectivity index (χ0) is 17.7. The summed E-state index contributed by atoms with van der Waals surface area (Å²) in [4.78, 5) is 0. The van der Waals surface area contributed by atoms with Crippen molar-refractivity contribution in [2.45, 2.75) is 38.6 Å². The van der Waals surface area contributed by atoms with E-state index in [-0.39, 0.29) is 0 Å². The van der Waals surface area contributed by atoms with Crippen LogP contribution in [0.1, 0.15) is 37.7 Å². The molecule has 1 aromatic carbocycles. The number of benzene rings is 1. The summed E-state index contributed by atoms with van der Waals surface area (Å²) in [6.07, 6.45) is 6.88. The zero-order valence-corrected chi connectivity index (χ0v) is 15.7. The fourth-order valence-corrected chi connectivity index (χ4v) is 3.19. The number of methoxy groups -OCH3 is 2. The normalized spacial score (nSPS) is 15.3. The summed E-state index contributed by atoms with van der Waals surface area (Å²) in [5.74, 6) is 2.49. The molecule has 0 heterocycles. The lowest BCUT2D eigenvalue weighted by atomic mass is 9.89. The highest BCUT2D eigenvalue weighted by Gasteiger charge is 2.13. The molecule has 0 aliphatic heterocycles. The number of nitrogens with one attached hydrogen (secondary N) is 1. The quantitative estimate of drug-likeness (QED) is 0.585. The monoisotopic (exact) mass is 351 g/mol. The molecule has 0 unspecified atom stereocenters. The Labute approximate surface area is 152 Å². The molecule has 1 aromatic rings. The number of rotatable bonds is 12. The molecule has 2 rings (SSSR count). The molecule has 0 bridgehead atoms. The van der Waals surface area contributed by atoms with Crippen LogP contribution in [0.4, 0.5) is 0 Å². The molecular formula is C20H33NO4. The van der Waals surface area contributed by atoms with Crippen LogP contribution in [0.3, 0.4) is 0 Å². The molecule has 1 aliphatic rings. The minimum atomic E-state index is 0.535. The summed E-state index contributed by atoms with van der Waals surface area (Å²) < 4.78 is 21.7. The lowest BCUT2D eigenvalue weighted by Crippen LogP contribution is -2.24. The van der Waals surface area contributed by atoms with E-state index in [1.165, 1.54) is 32.1 Å². The summed E-state index contributed by atoms with van der Waals surface area (Å²) in [5.41, 5.74) is 1.16. The predicted octanol–water partition coefficient (Wildman–Crippen LogP) is 3.41. The first-order valence-electron chi connectivity index (χ1n) is 9.40. The van der Waals surface area contributed by atoms with Gasteiger partial charge < -0.3 is 24.3 Å². The first-order chi connectivity index (χ1) is 12.3. The van der Waals surface area contributed by atoms with Crippen molar-refractivity contribution in [1.82, 2.24) is 5.32 Å². The third-order valence-corrected chi connectivity index (χ3v) is 4.61. The van der Waals surface area contributed by atoms with Crippen LogP contribution in [0.5, 0.6) is 11.5 Å². The van der Waals surface area contributed by atoms with Crippen molar-refractivity contribution in [3.05, 3.63) is 23.8 Å². The topological polar surface area (TPSA) is 49.0 Å². The van der Waals surface area contributed by atoms with Crippen molar-refractivity contribution < 1.29 is 18.9 Å². The van der Waals surface area contributed by atoms with Gasteiger partial charge in [-0.3, -0.25) is 0 Å². The van der Waals surface area contributed by atoms with Crippen LogP contribution in [-0.4, -0.2) is 47.2 Å². The Morgan fingerprint density at radius 1 is 0.920 bits per heavy atom. The first-order valence-corrected chi connectivity index (χ1v) is 9.40. The Morgan fingerprint density at radius 2 is 1.64 bits per heavy atom. The maximum atomic E-state index is 5.89. The van der Waals surface area contributed by atoms with Crippen LogP contribution in [0.2, 0.25) is 0 Å². The highest BCUT2D eigenvalue weighted by Crippen LogP contribution is 2.26. The van der Waals surface area contributed by atoms with Crippen molar-refractivity contribution in [2.75, 3.05) is 47.2 Å². The average Bonchev–Trinajstić information content (AvgIpc) is 2.64. The molecule has 142 valence electrons. The van der Waals surface area contributed by atoms with E-state index in [1.807, 2.05) is 12.1 Å². The Hall–Kier alpha value is -1.30. The van der Waals surface area contributed by atoms with Gasteiger partial charge in [-0.1, -0.05) is 25.3 Å². The Morgan fingerprint density at radius 3 is 2.36 bits per heavy atom. The largest absolute Gasteiger partial charge is 0.491 e. The van der Waals surface area contributed by atoms with Gasteiger partial charge in [0.15, 0.2) is 0 Å². The minimum absolute atomic E-state index is 0.535. The lowest BCUT2D eigenvalue weighted by molar-refractivity contribution is 0.142. The Balaban J connectivity index is 1.88. The van der Waals surface area contributed by atoms with Crippen molar-refractivity contribution in [1.29, 1.82) is 0 Å². The van der Waals surface area contributed by atoms with Crippen molar-refractivity contribution in [3.8, 4) is 11.5 Å². The number of hydrogen-bond donors (Lipinski definition) is 1. The molecule has 1 aliphatic carbocycles. The molecule has 0 radical (unpaired) electrons. The molecule has 0 saturated heterocycles. The van der Waals surface area contributed by atoms with E-state index in [9.17, 15) is 0 Å². The van der Waals surface area contributed by atoms with Gasteiger partial charge in [-0.15, -0.1) is 0 Å². The number of ether oxygens (including phenoxy) is 4. The number of hydrogen-bond acceptors (Lipinski definition) is 5. The average molecular weight is 351 g/mol. The van der Waals surface area contributed by atoms with Gasteiger partial charge in [0.1, 0.15) is 24.7 Å². The third kappa shape index (κ3) is 7.63. The maximum absolute atomic E-state index is 5.89. The van der Waals surface area contributed by atoms with Crippen LogP contribution in [0, 0.1) is 5.92 Å². The van der Waals surface area contributed by atoms with Gasteiger partial charge in [0.2, 0.25) is 0 Å². The van der Waals surface area contributed by atoms with Crippen LogP contribution >= 0.6 is 0 Å². The molecule has 0 aromatic heterocycles. The van der Waals surface area contributed by atoms with Gasteiger partial charge >= 0.3 is 0 Å². The molecule has 5 heteroatoms. The second-order valence-electron chi connectivity index (χ2n) is 6.59. The van der Waals surface area contributed by atoms with Crippen molar-refractivity contribution in [3.63, 3.8) is 0 Å². The SMILES string of the molecule is COCCOc1ccc(CNCC2CCCCC2)c(OCCOC)c1. The van der Waals surface area contributed by atoms with Gasteiger partial charge in [0.25, 0.3) is 0 Å². The molecule has 0 amide bonds. The van der Waals surface area contributed by atoms with E-state index >= 15 is 0 Å². The summed E-state index contributed by atoms with van der Waals surface area (Å²) in [6, 6.07) is 6.04. The van der Waals surface area contributed by atoms with Crippen molar-refractivity contribution >= 4 is 0 Å². The van der Waals surface area contributed by atoms with Gasteiger partial charge in [-0.25, -0.2) is 0 Å². The summed E-state index contributed by atoms with van der Waals surface area (Å²) in [7, 11) is 3.35. The molecule has 0 spiro atoms. The summed E-state index contributed by atoms with van der Waals surface area (Å²) in [5, 5.41) is 3.60. The van der Waals surface area contributed by atoms with Crippen LogP contribution in [-0.2, 0) is 16.0 Å². The van der Waals surface area contributed by atoms with Gasteiger partial charge in [0.05, 0.1) is 13.2 Å². The second-order valence-corrected chi connectivity index (χ2v) is 6.59. The van der Waals surface area contributed by atoms with E-state index in [0.29, 0.717) is 26.4 Å². The fourth-order valence-electron chi connectivity index (χ4n) is 3.19.